The van der Waals surface area contributed by atoms with Gasteiger partial charge < -0.3 is 14.8 Å². The normalized spacial score (nSPS) is 11.3. The number of aryl methyl sites for hydroxylation is 1. The molecule has 0 aliphatic rings. The van der Waals surface area contributed by atoms with E-state index in [1.165, 1.54) is 25.5 Å². The number of hydrogen-bond donors (Lipinski definition) is 2. The average molecular weight is 601 g/mol. The number of methoxy groups -OCH3 is 1. The van der Waals surface area contributed by atoms with E-state index < -0.39 is 22.5 Å². The van der Waals surface area contributed by atoms with Gasteiger partial charge in [0.25, 0.3) is 11.8 Å². The van der Waals surface area contributed by atoms with Gasteiger partial charge in [0.2, 0.25) is 10.0 Å². The van der Waals surface area contributed by atoms with Gasteiger partial charge in [0.05, 0.1) is 30.5 Å². The van der Waals surface area contributed by atoms with Crippen LogP contribution in [0.1, 0.15) is 16.7 Å². The third kappa shape index (κ3) is 8.99. The molecule has 0 aliphatic carbocycles. The van der Waals surface area contributed by atoms with Gasteiger partial charge >= 0.3 is 0 Å². The van der Waals surface area contributed by atoms with Crippen LogP contribution >= 0.6 is 0 Å². The molecule has 0 bridgehead atoms. The summed E-state index contributed by atoms with van der Waals surface area (Å²) in [5, 5.41) is 6.71. The van der Waals surface area contributed by atoms with E-state index in [1.54, 1.807) is 72.8 Å². The van der Waals surface area contributed by atoms with Gasteiger partial charge in [-0.3, -0.25) is 9.59 Å². The van der Waals surface area contributed by atoms with Crippen molar-refractivity contribution in [3.63, 3.8) is 0 Å². The first-order valence-corrected chi connectivity index (χ1v) is 14.8. The molecule has 11 heteroatoms. The second kappa shape index (κ2) is 14.8. The predicted octanol–water partition coefficient (Wildman–Crippen LogP) is 4.36. The number of rotatable bonds is 13. The molecule has 0 unspecified atom stereocenters. The van der Waals surface area contributed by atoms with E-state index in [1.807, 2.05) is 25.1 Å². The van der Waals surface area contributed by atoms with E-state index in [0.717, 1.165) is 15.4 Å². The van der Waals surface area contributed by atoms with Crippen molar-refractivity contribution < 1.29 is 27.5 Å². The summed E-state index contributed by atoms with van der Waals surface area (Å²) in [6, 6.07) is 29.3. The van der Waals surface area contributed by atoms with Crippen molar-refractivity contribution in [3.05, 3.63) is 120 Å². The standard InChI is InChI=1S/C32H32N4O6S/c1-24-12-18-28(19-13-24)43(39,40)36(21-26-8-4-3-5-9-26)22-31(37)35-33-20-25-14-16-27(17-15-25)42-23-32(38)34-29-10-6-7-11-30(29)41-2/h3-20H,21-23H2,1-2H3,(H,34,38)(H,35,37)/b33-20+. The third-order valence-electron chi connectivity index (χ3n) is 6.21. The first kappa shape index (κ1) is 30.9. The Morgan fingerprint density at radius 1 is 0.860 bits per heavy atom. The molecule has 4 aromatic carbocycles. The number of nitrogens with zero attached hydrogens (tertiary/aromatic N) is 2. The summed E-state index contributed by atoms with van der Waals surface area (Å²) in [5.74, 6) is 0.0741. The Balaban J connectivity index is 1.32. The highest BCUT2D eigenvalue weighted by molar-refractivity contribution is 7.89. The number of anilines is 1. The fourth-order valence-corrected chi connectivity index (χ4v) is 5.36. The Labute approximate surface area is 251 Å². The third-order valence-corrected chi connectivity index (χ3v) is 8.02. The molecule has 0 radical (unpaired) electrons. The van der Waals surface area contributed by atoms with E-state index in [-0.39, 0.29) is 24.0 Å². The number of benzene rings is 4. The maximum atomic E-state index is 13.4. The first-order valence-electron chi connectivity index (χ1n) is 13.3. The molecule has 0 aliphatic heterocycles. The molecule has 10 nitrogen and oxygen atoms in total. The first-order chi connectivity index (χ1) is 20.7. The number of sulfonamides is 1. The molecule has 2 N–H and O–H groups in total. The number of carbonyl (C=O) groups is 2. The Bertz CT molecular complexity index is 1660. The lowest BCUT2D eigenvalue weighted by molar-refractivity contribution is -0.121. The van der Waals surface area contributed by atoms with E-state index in [9.17, 15) is 18.0 Å². The second-order valence-electron chi connectivity index (χ2n) is 9.47. The number of amides is 2. The highest BCUT2D eigenvalue weighted by Gasteiger charge is 2.27. The van der Waals surface area contributed by atoms with Crippen molar-refractivity contribution >= 4 is 33.7 Å². The molecular formula is C32H32N4O6S. The molecule has 222 valence electrons. The Morgan fingerprint density at radius 3 is 2.23 bits per heavy atom. The number of hydrogen-bond acceptors (Lipinski definition) is 7. The molecule has 0 heterocycles. The molecule has 2 amide bonds. The van der Waals surface area contributed by atoms with E-state index in [4.69, 9.17) is 9.47 Å². The minimum atomic E-state index is -3.95. The van der Waals surface area contributed by atoms with Crippen LogP contribution < -0.4 is 20.2 Å². The molecule has 0 aromatic heterocycles. The van der Waals surface area contributed by atoms with Gasteiger partial charge in [-0.05, 0) is 66.6 Å². The van der Waals surface area contributed by atoms with Crippen molar-refractivity contribution in [1.29, 1.82) is 0 Å². The number of carbonyl (C=O) groups excluding carboxylic acids is 2. The highest BCUT2D eigenvalue weighted by atomic mass is 32.2. The van der Waals surface area contributed by atoms with Gasteiger partial charge in [-0.25, -0.2) is 13.8 Å². The van der Waals surface area contributed by atoms with Crippen LogP contribution in [-0.4, -0.2) is 51.0 Å². The SMILES string of the molecule is COc1ccccc1NC(=O)COc1ccc(/C=N/NC(=O)CN(Cc2ccccc2)S(=O)(=O)c2ccc(C)cc2)cc1. The van der Waals surface area contributed by atoms with Gasteiger partial charge in [-0.2, -0.15) is 9.41 Å². The molecule has 0 spiro atoms. The van der Waals surface area contributed by atoms with Crippen molar-refractivity contribution in [1.82, 2.24) is 9.73 Å². The Morgan fingerprint density at radius 2 is 1.53 bits per heavy atom. The summed E-state index contributed by atoms with van der Waals surface area (Å²) < 4.78 is 38.7. The van der Waals surface area contributed by atoms with Crippen LogP contribution in [0.3, 0.4) is 0 Å². The van der Waals surface area contributed by atoms with Crippen LogP contribution in [0, 0.1) is 6.92 Å². The maximum absolute atomic E-state index is 13.4. The average Bonchev–Trinajstić information content (AvgIpc) is 3.01. The molecule has 43 heavy (non-hydrogen) atoms. The summed E-state index contributed by atoms with van der Waals surface area (Å²) in [6.07, 6.45) is 1.42. The summed E-state index contributed by atoms with van der Waals surface area (Å²) in [7, 11) is -2.43. The minimum Gasteiger partial charge on any atom is -0.495 e. The van der Waals surface area contributed by atoms with E-state index in [2.05, 4.69) is 15.8 Å². The van der Waals surface area contributed by atoms with E-state index in [0.29, 0.717) is 22.7 Å². The number of ether oxygens (including phenoxy) is 2. The number of nitrogens with one attached hydrogen (secondary N) is 2. The van der Waals surface area contributed by atoms with Gasteiger partial charge in [0.15, 0.2) is 6.61 Å². The number of hydrazone groups is 1. The summed E-state index contributed by atoms with van der Waals surface area (Å²) in [4.78, 5) is 25.1. The zero-order chi connectivity index (χ0) is 30.7. The lowest BCUT2D eigenvalue weighted by Gasteiger charge is -2.21. The monoisotopic (exact) mass is 600 g/mol. The zero-order valence-corrected chi connectivity index (χ0v) is 24.6. The van der Waals surface area contributed by atoms with Crippen LogP contribution in [0.2, 0.25) is 0 Å². The summed E-state index contributed by atoms with van der Waals surface area (Å²) in [5.41, 5.74) is 5.26. The molecule has 4 aromatic rings. The lowest BCUT2D eigenvalue weighted by atomic mass is 10.2. The van der Waals surface area contributed by atoms with Gasteiger partial charge in [-0.1, -0.05) is 60.2 Å². The van der Waals surface area contributed by atoms with Crippen molar-refractivity contribution in [2.75, 3.05) is 25.6 Å². The maximum Gasteiger partial charge on any atom is 0.262 e. The fraction of sp³-hybridized carbons (Fsp3) is 0.156. The van der Waals surface area contributed by atoms with Crippen LogP contribution in [0.15, 0.2) is 113 Å². The summed E-state index contributed by atoms with van der Waals surface area (Å²) in [6.45, 7) is 1.26. The molecule has 0 atom stereocenters. The number of para-hydroxylation sites is 2. The summed E-state index contributed by atoms with van der Waals surface area (Å²) >= 11 is 0. The van der Waals surface area contributed by atoms with Crippen molar-refractivity contribution in [2.45, 2.75) is 18.4 Å². The Kier molecular flexibility index (Phi) is 10.6. The van der Waals surface area contributed by atoms with Gasteiger partial charge in [0, 0.05) is 6.54 Å². The molecule has 0 saturated heterocycles. The van der Waals surface area contributed by atoms with Crippen molar-refractivity contribution in [2.24, 2.45) is 5.10 Å². The second-order valence-corrected chi connectivity index (χ2v) is 11.4. The minimum absolute atomic E-state index is 0.0204. The molecule has 0 fully saturated rings. The van der Waals surface area contributed by atoms with E-state index >= 15 is 0 Å². The smallest absolute Gasteiger partial charge is 0.262 e. The Hall–Kier alpha value is -5.00. The van der Waals surface area contributed by atoms with Crippen molar-refractivity contribution in [3.8, 4) is 11.5 Å². The largest absolute Gasteiger partial charge is 0.495 e. The topological polar surface area (TPSA) is 126 Å². The van der Waals surface area contributed by atoms with Crippen LogP contribution in [-0.2, 0) is 26.2 Å². The predicted molar refractivity (Wildman–Crippen MR) is 165 cm³/mol. The lowest BCUT2D eigenvalue weighted by Crippen LogP contribution is -2.39. The van der Waals surface area contributed by atoms with Crippen LogP contribution in [0.5, 0.6) is 11.5 Å². The highest BCUT2D eigenvalue weighted by Crippen LogP contribution is 2.23. The fourth-order valence-electron chi connectivity index (χ4n) is 3.98. The zero-order valence-electron chi connectivity index (χ0n) is 23.8. The van der Waals surface area contributed by atoms with Gasteiger partial charge in [0.1, 0.15) is 11.5 Å². The molecule has 4 rings (SSSR count). The quantitative estimate of drug-likeness (QED) is 0.174. The molecule has 0 saturated carbocycles. The van der Waals surface area contributed by atoms with Crippen LogP contribution in [0.25, 0.3) is 0 Å². The van der Waals surface area contributed by atoms with Gasteiger partial charge in [-0.15, -0.1) is 0 Å². The van der Waals surface area contributed by atoms with Crippen LogP contribution in [0.4, 0.5) is 5.69 Å². The molecular weight excluding hydrogens is 568 g/mol.